The highest BCUT2D eigenvalue weighted by Gasteiger charge is 2.35. The normalized spacial score (nSPS) is 13.2. The minimum atomic E-state index is -2.19. The maximum absolute atomic E-state index is 13.8. The Morgan fingerprint density at radius 1 is 1.11 bits per heavy atom. The van der Waals surface area contributed by atoms with Gasteiger partial charge in [0.15, 0.2) is 5.78 Å². The van der Waals surface area contributed by atoms with Crippen molar-refractivity contribution in [3.8, 4) is 0 Å². The molecule has 1 aromatic carbocycles. The lowest BCUT2D eigenvalue weighted by atomic mass is 9.86. The quantitative estimate of drug-likeness (QED) is 0.620. The molecule has 1 unspecified atom stereocenters. The number of benzene rings is 1. The van der Waals surface area contributed by atoms with Gasteiger partial charge in [0.25, 0.3) is 0 Å². The van der Waals surface area contributed by atoms with Gasteiger partial charge >= 0.3 is 0 Å². The van der Waals surface area contributed by atoms with E-state index in [0.717, 1.165) is 0 Å². The summed E-state index contributed by atoms with van der Waals surface area (Å²) in [7, 11) is 0. The van der Waals surface area contributed by atoms with Crippen LogP contribution in [0, 0.1) is 5.41 Å². The van der Waals surface area contributed by atoms with Crippen molar-refractivity contribution in [2.75, 3.05) is 0 Å². The molecule has 0 N–H and O–H groups in total. The maximum Gasteiger partial charge on any atom is 0.221 e. The second-order valence-electron chi connectivity index (χ2n) is 5.00. The van der Waals surface area contributed by atoms with E-state index in [-0.39, 0.29) is 15.6 Å². The molecule has 0 heterocycles. The van der Waals surface area contributed by atoms with Crippen LogP contribution in [0.5, 0.6) is 0 Å². The first-order valence-corrected chi connectivity index (χ1v) is 6.07. The van der Waals surface area contributed by atoms with Crippen molar-refractivity contribution in [1.82, 2.24) is 0 Å². The summed E-state index contributed by atoms with van der Waals surface area (Å²) in [6.45, 7) is 4.67. The van der Waals surface area contributed by atoms with Crippen molar-refractivity contribution < 1.29 is 14.0 Å². The molecule has 0 fully saturated rings. The molecule has 0 saturated carbocycles. The average Bonchev–Trinajstić information content (AvgIpc) is 2.23. The van der Waals surface area contributed by atoms with Gasteiger partial charge in [0, 0.05) is 21.0 Å². The van der Waals surface area contributed by atoms with Crippen molar-refractivity contribution in [2.24, 2.45) is 5.41 Å². The fraction of sp³-hybridized carbons (Fsp3) is 0.385. The van der Waals surface area contributed by atoms with E-state index in [9.17, 15) is 14.0 Å². The molecule has 0 radical (unpaired) electrons. The van der Waals surface area contributed by atoms with Gasteiger partial charge in [0.2, 0.25) is 12.0 Å². The van der Waals surface area contributed by atoms with E-state index in [1.807, 2.05) is 0 Å². The van der Waals surface area contributed by atoms with E-state index in [2.05, 4.69) is 0 Å². The zero-order valence-electron chi connectivity index (χ0n) is 10.3. The van der Waals surface area contributed by atoms with Gasteiger partial charge < -0.3 is 0 Å². The fourth-order valence-electron chi connectivity index (χ4n) is 1.34. The van der Waals surface area contributed by atoms with Gasteiger partial charge in [-0.1, -0.05) is 44.0 Å². The smallest absolute Gasteiger partial charge is 0.221 e. The van der Waals surface area contributed by atoms with Gasteiger partial charge in [0.1, 0.15) is 0 Å². The molecule has 0 aliphatic heterocycles. The first-order chi connectivity index (χ1) is 8.12. The zero-order valence-corrected chi connectivity index (χ0v) is 11.8. The topological polar surface area (TPSA) is 34.1 Å². The highest BCUT2D eigenvalue weighted by Crippen LogP contribution is 2.24. The van der Waals surface area contributed by atoms with E-state index in [4.69, 9.17) is 23.2 Å². The Labute approximate surface area is 115 Å². The Morgan fingerprint density at radius 2 is 1.56 bits per heavy atom. The summed E-state index contributed by atoms with van der Waals surface area (Å²) in [5.74, 6) is -1.68. The molecule has 98 valence electrons. The first-order valence-electron chi connectivity index (χ1n) is 5.31. The van der Waals surface area contributed by atoms with Crippen molar-refractivity contribution in [3.05, 3.63) is 33.8 Å². The summed E-state index contributed by atoms with van der Waals surface area (Å²) in [5.41, 5.74) is -0.921. The summed E-state index contributed by atoms with van der Waals surface area (Å²) in [4.78, 5) is 23.5. The molecule has 1 rings (SSSR count). The molecule has 1 aromatic rings. The van der Waals surface area contributed by atoms with Gasteiger partial charge in [-0.2, -0.15) is 0 Å². The molecule has 0 bridgehead atoms. The molecular weight excluding hydrogens is 278 g/mol. The van der Waals surface area contributed by atoms with Crippen LogP contribution in [-0.4, -0.2) is 17.7 Å². The molecule has 0 saturated heterocycles. The second-order valence-corrected chi connectivity index (χ2v) is 5.87. The van der Waals surface area contributed by atoms with Gasteiger partial charge in [-0.15, -0.1) is 0 Å². The van der Waals surface area contributed by atoms with E-state index in [1.54, 1.807) is 20.8 Å². The van der Waals surface area contributed by atoms with E-state index >= 15 is 0 Å². The van der Waals surface area contributed by atoms with Crippen LogP contribution in [0.25, 0.3) is 0 Å². The number of carbonyl (C=O) groups excluding carboxylic acids is 2. The molecule has 0 aromatic heterocycles. The molecule has 5 heteroatoms. The third-order valence-electron chi connectivity index (χ3n) is 2.35. The Bertz CT molecular complexity index is 472. The highest BCUT2D eigenvalue weighted by molar-refractivity contribution is 6.35. The molecule has 0 aliphatic rings. The van der Waals surface area contributed by atoms with Gasteiger partial charge in [-0.25, -0.2) is 4.39 Å². The third kappa shape index (κ3) is 3.53. The van der Waals surface area contributed by atoms with Gasteiger partial charge in [-0.05, 0) is 18.2 Å². The first kappa shape index (κ1) is 15.1. The predicted molar refractivity (Wildman–Crippen MR) is 70.2 cm³/mol. The molecule has 0 amide bonds. The standard InChI is InChI=1S/C13H13Cl2FO2/c1-13(2,3)12(18)10(16)11(17)7-4-8(14)6-9(15)5-7/h4-6,10H,1-3H3. The van der Waals surface area contributed by atoms with Gasteiger partial charge in [0.05, 0.1) is 0 Å². The number of Topliss-reactive ketones (excluding diaryl/α,β-unsaturated/α-hetero) is 2. The van der Waals surface area contributed by atoms with Gasteiger partial charge in [-0.3, -0.25) is 9.59 Å². The van der Waals surface area contributed by atoms with Crippen LogP contribution in [0.1, 0.15) is 31.1 Å². The molecule has 0 spiro atoms. The lowest BCUT2D eigenvalue weighted by Crippen LogP contribution is -2.35. The van der Waals surface area contributed by atoms with Crippen molar-refractivity contribution in [2.45, 2.75) is 26.9 Å². The largest absolute Gasteiger partial charge is 0.295 e. The zero-order chi connectivity index (χ0) is 14.1. The number of hydrogen-bond donors (Lipinski definition) is 0. The van der Waals surface area contributed by atoms with Crippen molar-refractivity contribution in [1.29, 1.82) is 0 Å². The molecule has 18 heavy (non-hydrogen) atoms. The number of ketones is 2. The lowest BCUT2D eigenvalue weighted by Gasteiger charge is -2.18. The van der Waals surface area contributed by atoms with Crippen LogP contribution >= 0.6 is 23.2 Å². The van der Waals surface area contributed by atoms with Crippen LogP contribution < -0.4 is 0 Å². The second kappa shape index (κ2) is 5.37. The Morgan fingerprint density at radius 3 is 1.94 bits per heavy atom. The van der Waals surface area contributed by atoms with E-state index in [1.165, 1.54) is 18.2 Å². The number of rotatable bonds is 3. The van der Waals surface area contributed by atoms with Crippen LogP contribution in [0.2, 0.25) is 10.0 Å². The minimum absolute atomic E-state index is 0.00222. The number of alkyl halides is 1. The highest BCUT2D eigenvalue weighted by atomic mass is 35.5. The SMILES string of the molecule is CC(C)(C)C(=O)C(F)C(=O)c1cc(Cl)cc(Cl)c1. The van der Waals surface area contributed by atoms with Crippen molar-refractivity contribution >= 4 is 34.8 Å². The molecule has 1 atom stereocenters. The maximum atomic E-state index is 13.8. The molecule has 2 nitrogen and oxygen atoms in total. The van der Waals surface area contributed by atoms with Crippen molar-refractivity contribution in [3.63, 3.8) is 0 Å². The van der Waals surface area contributed by atoms with Crippen LogP contribution in [0.15, 0.2) is 18.2 Å². The summed E-state index contributed by atoms with van der Waals surface area (Å²) in [6.07, 6.45) is -2.19. The summed E-state index contributed by atoms with van der Waals surface area (Å²) < 4.78 is 13.8. The summed E-state index contributed by atoms with van der Waals surface area (Å²) in [5, 5.41) is 0.447. The number of carbonyl (C=O) groups is 2. The summed E-state index contributed by atoms with van der Waals surface area (Å²) in [6, 6.07) is 4.01. The molecular formula is C13H13Cl2FO2. The summed E-state index contributed by atoms with van der Waals surface area (Å²) >= 11 is 11.4. The average molecular weight is 291 g/mol. The van der Waals surface area contributed by atoms with E-state index < -0.39 is 23.2 Å². The number of halogens is 3. The van der Waals surface area contributed by atoms with Crippen LogP contribution in [-0.2, 0) is 4.79 Å². The van der Waals surface area contributed by atoms with E-state index in [0.29, 0.717) is 0 Å². The van der Waals surface area contributed by atoms with Crippen LogP contribution in [0.4, 0.5) is 4.39 Å². The Hall–Kier alpha value is -0.930. The predicted octanol–water partition coefficient (Wildman–Crippen LogP) is 4.13. The number of hydrogen-bond acceptors (Lipinski definition) is 2. The fourth-order valence-corrected chi connectivity index (χ4v) is 1.87. The Kier molecular flexibility index (Phi) is 4.51. The van der Waals surface area contributed by atoms with Crippen LogP contribution in [0.3, 0.4) is 0 Å². The molecule has 0 aliphatic carbocycles. The lowest BCUT2D eigenvalue weighted by molar-refractivity contribution is -0.129. The Balaban J connectivity index is 3.04. The minimum Gasteiger partial charge on any atom is -0.295 e. The monoisotopic (exact) mass is 290 g/mol. The third-order valence-corrected chi connectivity index (χ3v) is 2.78.